The summed E-state index contributed by atoms with van der Waals surface area (Å²) in [5.74, 6) is 0.00446. The van der Waals surface area contributed by atoms with Crippen molar-refractivity contribution < 1.29 is 57.8 Å². The van der Waals surface area contributed by atoms with E-state index in [0.717, 1.165) is 59.8 Å². The molecule has 0 saturated carbocycles. The zero-order valence-electron chi connectivity index (χ0n) is 50.6. The molecule has 85 heavy (non-hydrogen) atoms. The van der Waals surface area contributed by atoms with E-state index >= 15 is 0 Å². The molecule has 2 aliphatic heterocycles. The van der Waals surface area contributed by atoms with Gasteiger partial charge in [0.05, 0.1) is 48.6 Å². The number of carbonyl (C=O) groups is 4. The van der Waals surface area contributed by atoms with E-state index in [0.29, 0.717) is 85.9 Å². The summed E-state index contributed by atoms with van der Waals surface area (Å²) < 4.78 is 33.7. The fourth-order valence-electron chi connectivity index (χ4n) is 11.2. The first kappa shape index (κ1) is 63.6. The molecule has 16 nitrogen and oxygen atoms in total. The van der Waals surface area contributed by atoms with Gasteiger partial charge >= 0.3 is 11.9 Å². The molecule has 2 N–H and O–H groups in total. The highest BCUT2D eigenvalue weighted by Gasteiger charge is 2.41. The number of esters is 2. The number of rotatable bonds is 28. The summed E-state index contributed by atoms with van der Waals surface area (Å²) in [5.41, 5.74) is 5.93. The predicted octanol–water partition coefficient (Wildman–Crippen LogP) is 9.15. The lowest BCUT2D eigenvalue weighted by Crippen LogP contribution is -2.52. The van der Waals surface area contributed by atoms with E-state index in [9.17, 15) is 29.4 Å². The van der Waals surface area contributed by atoms with Crippen LogP contribution in [0.1, 0.15) is 104 Å². The fourth-order valence-corrected chi connectivity index (χ4v) is 11.2. The molecule has 0 amide bonds. The molecule has 2 fully saturated rings. The fraction of sp³-hybridized carbons (Fsp3) is 0.420. The van der Waals surface area contributed by atoms with Crippen LogP contribution in [-0.2, 0) is 37.2 Å². The average molecular weight is 1160 g/mol. The zero-order valence-corrected chi connectivity index (χ0v) is 50.6. The summed E-state index contributed by atoms with van der Waals surface area (Å²) in [6, 6.07) is 44.9. The number of anilines is 2. The van der Waals surface area contributed by atoms with Crippen molar-refractivity contribution in [1.82, 2.24) is 9.80 Å². The smallest absolute Gasteiger partial charge is 0.338 e. The lowest BCUT2D eigenvalue weighted by Gasteiger charge is -2.38. The Labute approximate surface area is 501 Å². The number of benzene rings is 6. The van der Waals surface area contributed by atoms with Crippen LogP contribution in [0.2, 0.25) is 0 Å². The van der Waals surface area contributed by atoms with Crippen molar-refractivity contribution in [2.75, 3.05) is 117 Å². The third-order valence-electron chi connectivity index (χ3n) is 17.0. The van der Waals surface area contributed by atoms with Gasteiger partial charge in [-0.25, -0.2) is 9.59 Å². The normalized spacial score (nSPS) is 16.0. The van der Waals surface area contributed by atoms with Gasteiger partial charge in [0.1, 0.15) is 50.1 Å². The number of hydrogen-bond donors (Lipinski definition) is 2. The van der Waals surface area contributed by atoms with Crippen LogP contribution in [0.25, 0.3) is 0 Å². The molecule has 6 aromatic rings. The quantitative estimate of drug-likeness (QED) is 0.0351. The van der Waals surface area contributed by atoms with E-state index in [1.807, 2.05) is 173 Å². The van der Waals surface area contributed by atoms with E-state index < -0.39 is 40.6 Å². The molecule has 2 saturated heterocycles. The highest BCUT2D eigenvalue weighted by Crippen LogP contribution is 2.35. The lowest BCUT2D eigenvalue weighted by molar-refractivity contribution is 0.0127. The van der Waals surface area contributed by atoms with Gasteiger partial charge in [0.15, 0.2) is 11.6 Å². The standard InChI is InChI=1S/C69H84N4O12/c1-9-68(70(5)6,63(76)51-19-27-57(28-20-51)72-35-39-80-40-36-72)43-49-11-15-53(16-12-49)65(78)84-47-59(74)45-82-61-31-23-55(24-32-61)67(3,4)56-25-33-62(34-26-56)83-46-60(75)48-85-66(79)54-17-13-50(14-18-54)44-69(10-2,71(7)8)64(77)52-21-29-58(30-22-52)73-37-41-81-42-38-73/h11-34,59-60,74-75H,9-10,35-48H2,1-8H3. The van der Waals surface area contributed by atoms with Crippen molar-refractivity contribution in [2.24, 2.45) is 0 Å². The summed E-state index contributed by atoms with van der Waals surface area (Å²) in [6.07, 6.45) is -0.0787. The average Bonchev–Trinajstić information content (AvgIpc) is 2.79. The maximum atomic E-state index is 14.2. The number of Topliss-reactive ketones (excluding diaryl/α,β-unsaturated/α-hetero) is 2. The van der Waals surface area contributed by atoms with Crippen LogP contribution in [0, 0.1) is 0 Å². The van der Waals surface area contributed by atoms with Crippen molar-refractivity contribution >= 4 is 34.9 Å². The summed E-state index contributed by atoms with van der Waals surface area (Å²) in [6.45, 7) is 13.6. The van der Waals surface area contributed by atoms with Crippen molar-refractivity contribution in [3.63, 3.8) is 0 Å². The van der Waals surface area contributed by atoms with Gasteiger partial charge in [0, 0.05) is 54.1 Å². The summed E-state index contributed by atoms with van der Waals surface area (Å²) >= 11 is 0. The number of ether oxygens (including phenoxy) is 6. The Morgan fingerprint density at radius 3 is 1.09 bits per heavy atom. The molecule has 8 rings (SSSR count). The van der Waals surface area contributed by atoms with Crippen molar-refractivity contribution in [3.05, 3.63) is 190 Å². The number of morpholine rings is 2. The van der Waals surface area contributed by atoms with Crippen LogP contribution in [0.4, 0.5) is 11.4 Å². The highest BCUT2D eigenvalue weighted by atomic mass is 16.6. The molecule has 0 aliphatic carbocycles. The van der Waals surface area contributed by atoms with Gasteiger partial charge in [-0.3, -0.25) is 19.4 Å². The van der Waals surface area contributed by atoms with Crippen LogP contribution in [0.15, 0.2) is 146 Å². The molecule has 0 spiro atoms. The Morgan fingerprint density at radius 1 is 0.471 bits per heavy atom. The van der Waals surface area contributed by atoms with Crippen LogP contribution >= 0.6 is 0 Å². The molecule has 452 valence electrons. The maximum absolute atomic E-state index is 14.2. The largest absolute Gasteiger partial charge is 0.491 e. The number of aliphatic hydroxyl groups excluding tert-OH is 2. The summed E-state index contributed by atoms with van der Waals surface area (Å²) in [7, 11) is 7.70. The second-order valence-electron chi connectivity index (χ2n) is 23.1. The molecule has 4 unspecified atom stereocenters. The molecule has 0 radical (unpaired) electrons. The number of nitrogens with zero attached hydrogens (tertiary/aromatic N) is 4. The Hall–Kier alpha value is -7.44. The molecule has 6 aromatic carbocycles. The predicted molar refractivity (Wildman–Crippen MR) is 330 cm³/mol. The molecule has 2 heterocycles. The third-order valence-corrected chi connectivity index (χ3v) is 17.0. The first-order valence-corrected chi connectivity index (χ1v) is 29.5. The van der Waals surface area contributed by atoms with Crippen LogP contribution in [0.3, 0.4) is 0 Å². The van der Waals surface area contributed by atoms with Gasteiger partial charge in [0.2, 0.25) is 0 Å². The van der Waals surface area contributed by atoms with Crippen molar-refractivity contribution in [1.29, 1.82) is 0 Å². The lowest BCUT2D eigenvalue weighted by atomic mass is 9.78. The molecule has 0 bridgehead atoms. The molecule has 2 aliphatic rings. The third kappa shape index (κ3) is 15.7. The highest BCUT2D eigenvalue weighted by molar-refractivity contribution is 6.04. The first-order chi connectivity index (χ1) is 40.8. The summed E-state index contributed by atoms with van der Waals surface area (Å²) in [4.78, 5) is 62.9. The molecule has 4 atom stereocenters. The second kappa shape index (κ2) is 29.1. The minimum atomic E-state index is -1.07. The van der Waals surface area contributed by atoms with Crippen molar-refractivity contribution in [2.45, 2.75) is 82.1 Å². The molecule has 16 heteroatoms. The number of likely N-dealkylation sites (N-methyl/N-ethyl adjacent to an activating group) is 2. The van der Waals surface area contributed by atoms with E-state index in [1.54, 1.807) is 24.3 Å². The van der Waals surface area contributed by atoms with Gasteiger partial charge in [-0.1, -0.05) is 76.2 Å². The monoisotopic (exact) mass is 1160 g/mol. The Kier molecular flexibility index (Phi) is 21.8. The van der Waals surface area contributed by atoms with Gasteiger partial charge in [0.25, 0.3) is 0 Å². The Bertz CT molecular complexity index is 2910. The first-order valence-electron chi connectivity index (χ1n) is 29.5. The van der Waals surface area contributed by atoms with Gasteiger partial charge in [-0.05, 0) is 173 Å². The number of aliphatic hydroxyl groups is 2. The number of carbonyl (C=O) groups excluding carboxylic acids is 4. The molecular weight excluding hydrogens is 1080 g/mol. The zero-order chi connectivity index (χ0) is 60.7. The Balaban J connectivity index is 0.745. The number of ketones is 2. The second-order valence-corrected chi connectivity index (χ2v) is 23.1. The van der Waals surface area contributed by atoms with E-state index in [4.69, 9.17) is 28.4 Å². The minimum Gasteiger partial charge on any atom is -0.491 e. The van der Waals surface area contributed by atoms with Gasteiger partial charge in [-0.2, -0.15) is 0 Å². The van der Waals surface area contributed by atoms with Gasteiger partial charge < -0.3 is 48.4 Å². The minimum absolute atomic E-state index is 0.0357. The molecule has 0 aromatic heterocycles. The Morgan fingerprint density at radius 2 is 0.788 bits per heavy atom. The van der Waals surface area contributed by atoms with Crippen LogP contribution < -0.4 is 19.3 Å². The van der Waals surface area contributed by atoms with E-state index in [2.05, 4.69) is 23.6 Å². The number of hydrogen-bond acceptors (Lipinski definition) is 16. The van der Waals surface area contributed by atoms with E-state index in [1.165, 1.54) is 0 Å². The topological polar surface area (TPSA) is 177 Å². The van der Waals surface area contributed by atoms with Crippen molar-refractivity contribution in [3.8, 4) is 11.5 Å². The van der Waals surface area contributed by atoms with Crippen LogP contribution in [-0.4, -0.2) is 174 Å². The SMILES string of the molecule is CCC(Cc1ccc(C(=O)OCC(O)COc2ccc(C(C)(C)c3ccc(OCC(O)COC(=O)c4ccc(CC(CC)(C(=O)c5ccc(N6CCOCC6)cc5)N(C)C)cc4)cc3)cc2)cc1)(C(=O)c1ccc(N2CCOCC2)cc1)N(C)C. The van der Waals surface area contributed by atoms with Crippen LogP contribution in [0.5, 0.6) is 11.5 Å². The maximum Gasteiger partial charge on any atom is 0.338 e. The molecular formula is C69H84N4O12. The summed E-state index contributed by atoms with van der Waals surface area (Å²) in [5, 5.41) is 21.4. The van der Waals surface area contributed by atoms with E-state index in [-0.39, 0.29) is 38.0 Å². The van der Waals surface area contributed by atoms with Gasteiger partial charge in [-0.15, -0.1) is 0 Å².